The lowest BCUT2D eigenvalue weighted by Gasteiger charge is -2.48. The zero-order chi connectivity index (χ0) is 28.5. The van der Waals surface area contributed by atoms with Gasteiger partial charge in [0.25, 0.3) is 5.91 Å². The quantitative estimate of drug-likeness (QED) is 0.123. The molecule has 3 aliphatic rings. The zero-order valence-corrected chi connectivity index (χ0v) is 20.3. The van der Waals surface area contributed by atoms with Crippen LogP contribution < -0.4 is 28.3 Å². The lowest BCUT2D eigenvalue weighted by atomic mass is 9.83. The van der Waals surface area contributed by atoms with Crippen LogP contribution in [0, 0.1) is 0 Å². The largest absolute Gasteiger partial charge is 0.394 e. The minimum Gasteiger partial charge on any atom is -0.394 e. The maximum absolute atomic E-state index is 12.1. The molecule has 0 bridgehead atoms. The van der Waals surface area contributed by atoms with Crippen LogP contribution >= 0.6 is 0 Å². The standard InChI is InChI=1S/C20H39N5O13/c21-2-6-10(28)12(30)13(31)20(35-6)37-15-4(22)1-5(25-18(34)17(24)33)16(14(15)32)38-19-11(29)8(23)9(27)7(3-26)36-19/h4-17,19-20,26-33H,1-3,21-24H2,(H,25,34)/t4-,5+,6+,7?,8-,9?,10?,11?,12?,13?,14?,15?,16?,17+,19+,20+/m0/s1. The van der Waals surface area contributed by atoms with E-state index in [1.165, 1.54) is 0 Å². The van der Waals surface area contributed by atoms with E-state index in [2.05, 4.69) is 5.32 Å². The van der Waals surface area contributed by atoms with Gasteiger partial charge in [-0.2, -0.15) is 0 Å². The number of carbonyl (C=O) groups excluding carboxylic acids is 1. The number of nitrogens with one attached hydrogen (secondary N) is 1. The van der Waals surface area contributed by atoms with Crippen LogP contribution in [0.15, 0.2) is 0 Å². The van der Waals surface area contributed by atoms with Crippen LogP contribution in [0.4, 0.5) is 0 Å². The van der Waals surface area contributed by atoms with Crippen LogP contribution in [0.3, 0.4) is 0 Å². The molecule has 0 aromatic heterocycles. The van der Waals surface area contributed by atoms with Gasteiger partial charge in [0.2, 0.25) is 0 Å². The Morgan fingerprint density at radius 3 is 2.03 bits per heavy atom. The first kappa shape index (κ1) is 31.4. The third-order valence-corrected chi connectivity index (χ3v) is 7.03. The molecule has 0 aromatic carbocycles. The Bertz CT molecular complexity index is 782. The first-order valence-corrected chi connectivity index (χ1v) is 12.1. The highest BCUT2D eigenvalue weighted by molar-refractivity contribution is 5.80. The van der Waals surface area contributed by atoms with Crippen LogP contribution in [-0.2, 0) is 23.7 Å². The summed E-state index contributed by atoms with van der Waals surface area (Å²) in [5.41, 5.74) is 22.7. The minimum absolute atomic E-state index is 0.167. The molecule has 1 saturated carbocycles. The van der Waals surface area contributed by atoms with Gasteiger partial charge < -0.3 is 82.3 Å². The van der Waals surface area contributed by atoms with Crippen molar-refractivity contribution in [3.8, 4) is 0 Å². The molecular weight excluding hydrogens is 518 g/mol. The van der Waals surface area contributed by atoms with Crippen molar-refractivity contribution < 1.29 is 64.6 Å². The maximum Gasteiger partial charge on any atom is 0.264 e. The summed E-state index contributed by atoms with van der Waals surface area (Å²) < 4.78 is 22.3. The molecule has 9 unspecified atom stereocenters. The molecule has 0 aromatic rings. The summed E-state index contributed by atoms with van der Waals surface area (Å²) >= 11 is 0. The summed E-state index contributed by atoms with van der Waals surface area (Å²) in [4.78, 5) is 12.1. The number of rotatable bonds is 8. The summed E-state index contributed by atoms with van der Waals surface area (Å²) in [6.45, 7) is -0.918. The number of hydrogen-bond donors (Lipinski definition) is 13. The molecule has 0 radical (unpaired) electrons. The molecular formula is C20H39N5O13. The molecule has 1 amide bonds. The highest BCUT2D eigenvalue weighted by Crippen LogP contribution is 2.32. The van der Waals surface area contributed by atoms with E-state index in [0.29, 0.717) is 0 Å². The van der Waals surface area contributed by atoms with Crippen molar-refractivity contribution in [2.45, 2.75) is 104 Å². The zero-order valence-electron chi connectivity index (χ0n) is 20.3. The fraction of sp³-hybridized carbons (Fsp3) is 0.950. The number of ether oxygens (including phenoxy) is 4. The van der Waals surface area contributed by atoms with Gasteiger partial charge in [0.15, 0.2) is 18.8 Å². The van der Waals surface area contributed by atoms with E-state index in [4.69, 9.17) is 41.9 Å². The highest BCUT2D eigenvalue weighted by atomic mass is 16.7. The lowest BCUT2D eigenvalue weighted by Crippen LogP contribution is -2.69. The molecule has 1 aliphatic carbocycles. The first-order valence-electron chi connectivity index (χ1n) is 12.1. The summed E-state index contributed by atoms with van der Waals surface area (Å²) in [7, 11) is 0. The molecule has 38 heavy (non-hydrogen) atoms. The van der Waals surface area contributed by atoms with Crippen LogP contribution in [0.5, 0.6) is 0 Å². The van der Waals surface area contributed by atoms with Crippen LogP contribution in [0.1, 0.15) is 6.42 Å². The van der Waals surface area contributed by atoms with Crippen molar-refractivity contribution in [2.24, 2.45) is 22.9 Å². The van der Waals surface area contributed by atoms with Crippen molar-refractivity contribution in [1.29, 1.82) is 0 Å². The second-order valence-electron chi connectivity index (χ2n) is 9.69. The third-order valence-electron chi connectivity index (χ3n) is 7.03. The van der Waals surface area contributed by atoms with Gasteiger partial charge in [-0.05, 0) is 6.42 Å². The van der Waals surface area contributed by atoms with Crippen LogP contribution in [0.2, 0.25) is 0 Å². The average Bonchev–Trinajstić information content (AvgIpc) is 2.88. The van der Waals surface area contributed by atoms with Gasteiger partial charge in [0.1, 0.15) is 61.0 Å². The topological polar surface area (TPSA) is 332 Å². The van der Waals surface area contributed by atoms with Crippen molar-refractivity contribution >= 4 is 5.91 Å². The maximum atomic E-state index is 12.1. The Labute approximate surface area is 217 Å². The van der Waals surface area contributed by atoms with E-state index in [1.807, 2.05) is 0 Å². The van der Waals surface area contributed by atoms with E-state index in [0.717, 1.165) is 0 Å². The van der Waals surface area contributed by atoms with Crippen molar-refractivity contribution in [3.05, 3.63) is 0 Å². The second-order valence-corrected chi connectivity index (χ2v) is 9.69. The van der Waals surface area contributed by atoms with E-state index in [1.54, 1.807) is 0 Å². The van der Waals surface area contributed by atoms with Gasteiger partial charge in [-0.25, -0.2) is 0 Å². The summed E-state index contributed by atoms with van der Waals surface area (Å²) in [5, 5.41) is 83.6. The summed E-state index contributed by atoms with van der Waals surface area (Å²) in [6.07, 6.45) is -20.3. The lowest BCUT2D eigenvalue weighted by molar-refractivity contribution is -0.332. The molecule has 16 atom stereocenters. The van der Waals surface area contributed by atoms with Gasteiger partial charge in [-0.15, -0.1) is 0 Å². The molecule has 2 aliphatic heterocycles. The van der Waals surface area contributed by atoms with Crippen molar-refractivity contribution in [1.82, 2.24) is 5.32 Å². The Hall–Kier alpha value is -1.17. The third kappa shape index (κ3) is 6.41. The van der Waals surface area contributed by atoms with E-state index in [-0.39, 0.29) is 13.0 Å². The number of aliphatic hydroxyl groups excluding tert-OH is 8. The minimum atomic E-state index is -1.93. The van der Waals surface area contributed by atoms with E-state index < -0.39 is 110 Å². The molecule has 18 nitrogen and oxygen atoms in total. The molecule has 3 rings (SSSR count). The predicted octanol–water partition coefficient (Wildman–Crippen LogP) is -8.86. The van der Waals surface area contributed by atoms with Crippen molar-refractivity contribution in [3.63, 3.8) is 0 Å². The summed E-state index contributed by atoms with van der Waals surface area (Å²) in [6, 6.07) is -3.52. The smallest absolute Gasteiger partial charge is 0.264 e. The summed E-state index contributed by atoms with van der Waals surface area (Å²) in [5.74, 6) is -1.04. The fourth-order valence-electron chi connectivity index (χ4n) is 4.77. The molecule has 17 N–H and O–H groups in total. The number of amides is 1. The van der Waals surface area contributed by atoms with Gasteiger partial charge in [-0.3, -0.25) is 10.5 Å². The fourth-order valence-corrected chi connectivity index (χ4v) is 4.77. The van der Waals surface area contributed by atoms with Crippen molar-refractivity contribution in [2.75, 3.05) is 13.2 Å². The van der Waals surface area contributed by atoms with E-state index >= 15 is 0 Å². The number of nitrogens with two attached hydrogens (primary N) is 4. The number of carbonyl (C=O) groups is 1. The monoisotopic (exact) mass is 557 g/mol. The SMILES string of the molecule is NC[C@H]1O[C@H](OC2C(O)C(O[C@H]3OC(CO)C(O)[C@H](N)C3O)[C@H](NC(=O)[C@H](N)O)C[C@@H]2N)C(O)C(O)C1O. The average molecular weight is 558 g/mol. The number of hydrogen-bond acceptors (Lipinski definition) is 17. The molecule has 2 heterocycles. The van der Waals surface area contributed by atoms with Gasteiger partial charge in [0.05, 0.1) is 18.7 Å². The Balaban J connectivity index is 1.84. The highest BCUT2D eigenvalue weighted by Gasteiger charge is 2.52. The normalized spacial score (nSPS) is 48.9. The van der Waals surface area contributed by atoms with Crippen LogP contribution in [0.25, 0.3) is 0 Å². The molecule has 18 heteroatoms. The van der Waals surface area contributed by atoms with Crippen LogP contribution in [-0.4, -0.2) is 158 Å². The first-order chi connectivity index (χ1) is 17.8. The number of aliphatic hydroxyl groups is 8. The van der Waals surface area contributed by atoms with Gasteiger partial charge >= 0.3 is 0 Å². The van der Waals surface area contributed by atoms with E-state index in [9.17, 15) is 45.6 Å². The molecule has 0 spiro atoms. The Morgan fingerprint density at radius 1 is 0.868 bits per heavy atom. The second kappa shape index (κ2) is 13.0. The molecule has 3 fully saturated rings. The molecule has 222 valence electrons. The van der Waals surface area contributed by atoms with Gasteiger partial charge in [-0.1, -0.05) is 0 Å². The predicted molar refractivity (Wildman–Crippen MR) is 122 cm³/mol. The Kier molecular flexibility index (Phi) is 10.7. The van der Waals surface area contributed by atoms with Gasteiger partial charge in [0, 0.05) is 12.6 Å². The Morgan fingerprint density at radius 2 is 1.45 bits per heavy atom. The molecule has 2 saturated heterocycles.